The second-order valence-electron chi connectivity index (χ2n) is 4.57. The summed E-state index contributed by atoms with van der Waals surface area (Å²) in [7, 11) is -4.24. The Balaban J connectivity index is 2.45. The van der Waals surface area contributed by atoms with Crippen LogP contribution in [0.5, 0.6) is 0 Å². The normalized spacial score (nSPS) is 15.1. The van der Waals surface area contributed by atoms with Crippen LogP contribution in [0.2, 0.25) is 10.0 Å². The Hall–Kier alpha value is -0.370. The molecule has 0 saturated heterocycles. The summed E-state index contributed by atoms with van der Waals surface area (Å²) in [5.41, 5.74) is 0.805. The van der Waals surface area contributed by atoms with Gasteiger partial charge in [-0.05, 0) is 30.5 Å². The molecule has 0 spiro atoms. The number of aliphatic hydroxyl groups excluding tert-OH is 2. The van der Waals surface area contributed by atoms with E-state index in [2.05, 4.69) is 0 Å². The highest BCUT2D eigenvalue weighted by molar-refractivity contribution is 7.85. The summed E-state index contributed by atoms with van der Waals surface area (Å²) < 4.78 is 29.7. The maximum absolute atomic E-state index is 10.6. The average molecular weight is 343 g/mol. The van der Waals surface area contributed by atoms with Crippen molar-refractivity contribution in [3.63, 3.8) is 0 Å². The highest BCUT2D eigenvalue weighted by atomic mass is 35.5. The summed E-state index contributed by atoms with van der Waals surface area (Å²) in [6, 6.07) is 5.02. The van der Waals surface area contributed by atoms with Gasteiger partial charge < -0.3 is 10.2 Å². The van der Waals surface area contributed by atoms with Crippen LogP contribution in [0.1, 0.15) is 18.4 Å². The Labute approximate surface area is 127 Å². The highest BCUT2D eigenvalue weighted by Crippen LogP contribution is 2.22. The van der Waals surface area contributed by atoms with Crippen LogP contribution in [-0.4, -0.2) is 41.1 Å². The summed E-state index contributed by atoms with van der Waals surface area (Å²) in [5.74, 6) is -0.786. The monoisotopic (exact) mass is 342 g/mol. The minimum absolute atomic E-state index is 0.134. The maximum atomic E-state index is 10.6. The molecule has 3 N–H and O–H groups in total. The van der Waals surface area contributed by atoms with Crippen molar-refractivity contribution in [2.24, 2.45) is 0 Å². The molecule has 0 saturated carbocycles. The first-order valence-corrected chi connectivity index (χ1v) is 8.29. The van der Waals surface area contributed by atoms with Crippen molar-refractivity contribution in [3.8, 4) is 0 Å². The van der Waals surface area contributed by atoms with Crippen LogP contribution in [-0.2, 0) is 16.5 Å². The van der Waals surface area contributed by atoms with Crippen LogP contribution in [0.25, 0.3) is 0 Å². The minimum atomic E-state index is -4.24. The second kappa shape index (κ2) is 7.59. The molecule has 0 amide bonds. The molecule has 0 radical (unpaired) electrons. The predicted molar refractivity (Wildman–Crippen MR) is 77.8 cm³/mol. The van der Waals surface area contributed by atoms with E-state index >= 15 is 0 Å². The first-order valence-electron chi connectivity index (χ1n) is 5.92. The molecule has 114 valence electrons. The van der Waals surface area contributed by atoms with E-state index in [-0.39, 0.29) is 6.42 Å². The van der Waals surface area contributed by atoms with E-state index in [9.17, 15) is 18.6 Å². The molecule has 20 heavy (non-hydrogen) atoms. The van der Waals surface area contributed by atoms with E-state index in [0.29, 0.717) is 22.9 Å². The van der Waals surface area contributed by atoms with Crippen molar-refractivity contribution < 1.29 is 23.2 Å². The third-order valence-corrected chi connectivity index (χ3v) is 4.10. The summed E-state index contributed by atoms with van der Waals surface area (Å²) >= 11 is 11.7. The average Bonchev–Trinajstić information content (AvgIpc) is 2.24. The Morgan fingerprint density at radius 2 is 1.80 bits per heavy atom. The molecule has 0 aromatic heterocycles. The van der Waals surface area contributed by atoms with Gasteiger partial charge in [0.05, 0.1) is 12.2 Å². The molecule has 0 heterocycles. The zero-order valence-electron chi connectivity index (χ0n) is 10.5. The Bertz CT molecular complexity index is 547. The zero-order chi connectivity index (χ0) is 15.3. The lowest BCUT2D eigenvalue weighted by Gasteiger charge is -2.15. The number of halogens is 2. The van der Waals surface area contributed by atoms with Gasteiger partial charge in [0.1, 0.15) is 5.75 Å². The Morgan fingerprint density at radius 3 is 2.35 bits per heavy atom. The van der Waals surface area contributed by atoms with Gasteiger partial charge in [0.15, 0.2) is 0 Å². The van der Waals surface area contributed by atoms with Gasteiger partial charge in [-0.25, -0.2) is 0 Å². The van der Waals surface area contributed by atoms with Crippen molar-refractivity contribution >= 4 is 33.3 Å². The number of aliphatic hydroxyl groups is 2. The molecule has 0 aliphatic heterocycles. The van der Waals surface area contributed by atoms with Crippen molar-refractivity contribution in [2.75, 3.05) is 5.75 Å². The van der Waals surface area contributed by atoms with Gasteiger partial charge in [0, 0.05) is 16.5 Å². The summed E-state index contributed by atoms with van der Waals surface area (Å²) in [5, 5.41) is 20.1. The van der Waals surface area contributed by atoms with Gasteiger partial charge in [-0.1, -0.05) is 29.3 Å². The second-order valence-corrected chi connectivity index (χ2v) is 6.91. The molecule has 2 atom stereocenters. The van der Waals surface area contributed by atoms with E-state index in [1.807, 2.05) is 0 Å². The third-order valence-electron chi connectivity index (χ3n) is 2.71. The minimum Gasteiger partial charge on any atom is -0.393 e. The smallest absolute Gasteiger partial charge is 0.267 e. The highest BCUT2D eigenvalue weighted by Gasteiger charge is 2.18. The fourth-order valence-electron chi connectivity index (χ4n) is 1.79. The van der Waals surface area contributed by atoms with E-state index in [1.165, 1.54) is 0 Å². The van der Waals surface area contributed by atoms with Gasteiger partial charge in [-0.2, -0.15) is 8.42 Å². The number of aryl methyl sites for hydroxylation is 1. The van der Waals surface area contributed by atoms with E-state index in [1.54, 1.807) is 18.2 Å². The maximum Gasteiger partial charge on any atom is 0.267 e. The first kappa shape index (κ1) is 17.7. The summed E-state index contributed by atoms with van der Waals surface area (Å²) in [4.78, 5) is 0. The van der Waals surface area contributed by atoms with Crippen LogP contribution in [0, 0.1) is 0 Å². The molecule has 0 unspecified atom stereocenters. The van der Waals surface area contributed by atoms with Gasteiger partial charge in [-0.15, -0.1) is 0 Å². The van der Waals surface area contributed by atoms with Crippen LogP contribution < -0.4 is 0 Å². The molecular formula is C12H16Cl2O5S. The third kappa shape index (κ3) is 6.88. The Kier molecular flexibility index (Phi) is 6.71. The van der Waals surface area contributed by atoms with Gasteiger partial charge in [0.2, 0.25) is 0 Å². The van der Waals surface area contributed by atoms with Gasteiger partial charge in [0.25, 0.3) is 10.1 Å². The van der Waals surface area contributed by atoms with Crippen LogP contribution in [0.4, 0.5) is 0 Å². The number of hydrogen-bond acceptors (Lipinski definition) is 4. The lowest BCUT2D eigenvalue weighted by Crippen LogP contribution is -2.25. The van der Waals surface area contributed by atoms with E-state index in [4.69, 9.17) is 27.8 Å². The molecule has 0 aliphatic carbocycles. The van der Waals surface area contributed by atoms with Crippen molar-refractivity contribution in [3.05, 3.63) is 33.8 Å². The topological polar surface area (TPSA) is 94.8 Å². The van der Waals surface area contributed by atoms with Gasteiger partial charge in [-0.3, -0.25) is 4.55 Å². The SMILES string of the molecule is O=S(=O)(O)C[C@H](O)C[C@H](O)CCc1ccc(Cl)cc1Cl. The fourth-order valence-corrected chi connectivity index (χ4v) is 2.91. The molecule has 1 rings (SSSR count). The number of benzene rings is 1. The first-order chi connectivity index (χ1) is 9.17. The lowest BCUT2D eigenvalue weighted by atomic mass is 10.0. The number of hydrogen-bond donors (Lipinski definition) is 3. The van der Waals surface area contributed by atoms with Gasteiger partial charge >= 0.3 is 0 Å². The molecule has 0 aliphatic rings. The fraction of sp³-hybridized carbons (Fsp3) is 0.500. The molecule has 0 bridgehead atoms. The molecular weight excluding hydrogens is 327 g/mol. The van der Waals surface area contributed by atoms with Crippen molar-refractivity contribution in [1.82, 2.24) is 0 Å². The van der Waals surface area contributed by atoms with E-state index in [0.717, 1.165) is 5.56 Å². The number of rotatable bonds is 7. The molecule has 5 nitrogen and oxygen atoms in total. The molecule has 0 fully saturated rings. The largest absolute Gasteiger partial charge is 0.393 e. The van der Waals surface area contributed by atoms with Crippen molar-refractivity contribution in [1.29, 1.82) is 0 Å². The summed E-state index contributed by atoms with van der Waals surface area (Å²) in [6.45, 7) is 0. The molecule has 1 aromatic carbocycles. The molecule has 8 heteroatoms. The van der Waals surface area contributed by atoms with Crippen LogP contribution >= 0.6 is 23.2 Å². The van der Waals surface area contributed by atoms with Crippen LogP contribution in [0.15, 0.2) is 18.2 Å². The standard InChI is InChI=1S/C12H16Cl2O5S/c13-9-3-1-8(12(14)5-9)2-4-10(15)6-11(16)7-20(17,18)19/h1,3,5,10-11,15-16H,2,4,6-7H2,(H,17,18,19)/t10-,11-/m1/s1. The van der Waals surface area contributed by atoms with Crippen molar-refractivity contribution in [2.45, 2.75) is 31.5 Å². The zero-order valence-corrected chi connectivity index (χ0v) is 12.9. The van der Waals surface area contributed by atoms with E-state index < -0.39 is 28.1 Å². The summed E-state index contributed by atoms with van der Waals surface area (Å²) in [6.07, 6.45) is -1.55. The molecule has 1 aromatic rings. The lowest BCUT2D eigenvalue weighted by molar-refractivity contribution is 0.0861. The van der Waals surface area contributed by atoms with Crippen LogP contribution in [0.3, 0.4) is 0 Å². The predicted octanol–water partition coefficient (Wildman–Crippen LogP) is 1.93. The quantitative estimate of drug-likeness (QED) is 0.658. The Morgan fingerprint density at radius 1 is 1.15 bits per heavy atom.